The molecule has 0 amide bonds. The molecule has 1 fully saturated rings. The molecule has 126 valence electrons. The van der Waals surface area contributed by atoms with Gasteiger partial charge in [0, 0.05) is 32.9 Å². The third-order valence-corrected chi connectivity index (χ3v) is 3.98. The number of rotatable bonds is 5. The van der Waals surface area contributed by atoms with Gasteiger partial charge in [0.25, 0.3) is 0 Å². The summed E-state index contributed by atoms with van der Waals surface area (Å²) in [4.78, 5) is 18.9. The maximum atomic E-state index is 5.43. The molecular weight excluding hydrogens is 308 g/mol. The predicted molar refractivity (Wildman–Crippen MR) is 88.5 cm³/mol. The average Bonchev–Trinajstić information content (AvgIpc) is 3.24. The Morgan fingerprint density at radius 1 is 1.25 bits per heavy atom. The molecule has 0 atom stereocenters. The van der Waals surface area contributed by atoms with Crippen LogP contribution in [0.1, 0.15) is 11.5 Å². The summed E-state index contributed by atoms with van der Waals surface area (Å²) in [6.45, 7) is 4.32. The fourth-order valence-corrected chi connectivity index (χ4v) is 2.80. The second-order valence-corrected chi connectivity index (χ2v) is 5.75. The molecule has 0 aliphatic carbocycles. The highest BCUT2D eigenvalue weighted by Crippen LogP contribution is 2.21. The fraction of sp³-hybridized carbons (Fsp3) is 0.467. The van der Waals surface area contributed by atoms with Crippen LogP contribution in [0, 0.1) is 0 Å². The van der Waals surface area contributed by atoms with E-state index in [1.54, 1.807) is 11.0 Å². The van der Waals surface area contributed by atoms with Crippen LogP contribution >= 0.6 is 0 Å². The van der Waals surface area contributed by atoms with Crippen LogP contribution in [0.15, 0.2) is 18.6 Å². The lowest BCUT2D eigenvalue weighted by atomic mass is 10.3. The van der Waals surface area contributed by atoms with E-state index in [0.29, 0.717) is 32.0 Å². The van der Waals surface area contributed by atoms with Crippen molar-refractivity contribution in [2.45, 2.75) is 13.1 Å². The summed E-state index contributed by atoms with van der Waals surface area (Å²) in [6.07, 6.45) is 3.59. The summed E-state index contributed by atoms with van der Waals surface area (Å²) >= 11 is 0. The first kappa shape index (κ1) is 15.0. The lowest BCUT2D eigenvalue weighted by Gasteiger charge is -2.28. The zero-order valence-corrected chi connectivity index (χ0v) is 13.6. The molecule has 1 aliphatic heterocycles. The summed E-state index contributed by atoms with van der Waals surface area (Å²) in [5, 5.41) is 7.68. The summed E-state index contributed by atoms with van der Waals surface area (Å²) in [5.41, 5.74) is 2.57. The normalized spacial score (nSPS) is 15.3. The Balaban J connectivity index is 1.52. The molecule has 0 radical (unpaired) electrons. The van der Waals surface area contributed by atoms with Crippen molar-refractivity contribution in [3.63, 3.8) is 0 Å². The Morgan fingerprint density at radius 3 is 2.92 bits per heavy atom. The van der Waals surface area contributed by atoms with E-state index in [0.717, 1.165) is 35.9 Å². The summed E-state index contributed by atoms with van der Waals surface area (Å²) < 4.78 is 7.22. The van der Waals surface area contributed by atoms with Crippen molar-refractivity contribution in [2.75, 3.05) is 31.2 Å². The van der Waals surface area contributed by atoms with Gasteiger partial charge in [-0.3, -0.25) is 4.68 Å². The minimum absolute atomic E-state index is 0.566. The number of hydrogen-bond acceptors (Lipinski definition) is 7. The first-order valence-corrected chi connectivity index (χ1v) is 8.01. The van der Waals surface area contributed by atoms with Crippen LogP contribution in [0.2, 0.25) is 0 Å². The molecular formula is C15H20N8O. The molecule has 0 spiro atoms. The number of anilines is 1. The summed E-state index contributed by atoms with van der Waals surface area (Å²) in [5.74, 6) is 1.63. The number of aromatic nitrogens is 6. The SMILES string of the molecule is Cn1ccc(CNCc2nc(N3CCOCC3)c3[nH]cnc3n2)n1. The van der Waals surface area contributed by atoms with Crippen molar-refractivity contribution in [3.05, 3.63) is 30.1 Å². The minimum atomic E-state index is 0.566. The number of ether oxygens (including phenoxy) is 1. The van der Waals surface area contributed by atoms with Gasteiger partial charge in [-0.25, -0.2) is 15.0 Å². The number of morpholine rings is 1. The highest BCUT2D eigenvalue weighted by molar-refractivity contribution is 5.83. The molecule has 1 aliphatic rings. The van der Waals surface area contributed by atoms with Gasteiger partial charge in [-0.1, -0.05) is 0 Å². The second-order valence-electron chi connectivity index (χ2n) is 5.75. The largest absolute Gasteiger partial charge is 0.378 e. The molecule has 0 saturated carbocycles. The van der Waals surface area contributed by atoms with E-state index in [2.05, 4.69) is 30.3 Å². The molecule has 3 aromatic rings. The number of H-pyrrole nitrogens is 1. The molecule has 9 nitrogen and oxygen atoms in total. The average molecular weight is 328 g/mol. The van der Waals surface area contributed by atoms with E-state index >= 15 is 0 Å². The van der Waals surface area contributed by atoms with Crippen LogP contribution in [-0.4, -0.2) is 56.0 Å². The van der Waals surface area contributed by atoms with E-state index in [4.69, 9.17) is 9.72 Å². The molecule has 2 N–H and O–H groups in total. The zero-order valence-electron chi connectivity index (χ0n) is 13.6. The standard InChI is InChI=1S/C15H20N8O/c1-22-3-2-11(21-22)8-16-9-12-19-14-13(17-10-18-14)15(20-12)23-4-6-24-7-5-23/h2-3,10,16H,4-9H2,1H3,(H,17,18,19,20). The predicted octanol–water partition coefficient (Wildman–Crippen LogP) is 0.213. The maximum Gasteiger partial charge on any atom is 0.183 e. The van der Waals surface area contributed by atoms with Crippen LogP contribution in [0.25, 0.3) is 11.2 Å². The van der Waals surface area contributed by atoms with Crippen LogP contribution in [0.4, 0.5) is 5.82 Å². The van der Waals surface area contributed by atoms with Crippen molar-refractivity contribution in [2.24, 2.45) is 7.05 Å². The first-order chi connectivity index (χ1) is 11.8. The highest BCUT2D eigenvalue weighted by atomic mass is 16.5. The Morgan fingerprint density at radius 2 is 2.12 bits per heavy atom. The first-order valence-electron chi connectivity index (χ1n) is 8.01. The third-order valence-electron chi connectivity index (χ3n) is 3.98. The number of imidazole rings is 1. The van der Waals surface area contributed by atoms with Gasteiger partial charge in [-0.15, -0.1) is 0 Å². The Labute approximate surface area is 139 Å². The molecule has 4 rings (SSSR count). The maximum absolute atomic E-state index is 5.43. The quantitative estimate of drug-likeness (QED) is 0.691. The van der Waals surface area contributed by atoms with Crippen molar-refractivity contribution in [1.29, 1.82) is 0 Å². The number of aryl methyl sites for hydroxylation is 1. The van der Waals surface area contributed by atoms with Gasteiger partial charge in [0.2, 0.25) is 0 Å². The van der Waals surface area contributed by atoms with Gasteiger partial charge in [0.15, 0.2) is 11.5 Å². The van der Waals surface area contributed by atoms with Crippen molar-refractivity contribution in [3.8, 4) is 0 Å². The molecule has 3 aromatic heterocycles. The van der Waals surface area contributed by atoms with E-state index in [9.17, 15) is 0 Å². The minimum Gasteiger partial charge on any atom is -0.378 e. The topological polar surface area (TPSA) is 96.8 Å². The van der Waals surface area contributed by atoms with Gasteiger partial charge in [-0.05, 0) is 6.07 Å². The number of hydrogen-bond donors (Lipinski definition) is 2. The molecule has 9 heteroatoms. The van der Waals surface area contributed by atoms with Crippen molar-refractivity contribution in [1.82, 2.24) is 35.0 Å². The zero-order chi connectivity index (χ0) is 16.4. The highest BCUT2D eigenvalue weighted by Gasteiger charge is 2.18. The van der Waals surface area contributed by atoms with Gasteiger partial charge in [0.05, 0.1) is 31.8 Å². The van der Waals surface area contributed by atoms with Crippen LogP contribution < -0.4 is 10.2 Å². The van der Waals surface area contributed by atoms with Gasteiger partial charge in [-0.2, -0.15) is 5.10 Å². The molecule has 24 heavy (non-hydrogen) atoms. The van der Waals surface area contributed by atoms with Crippen LogP contribution in [0.5, 0.6) is 0 Å². The lowest BCUT2D eigenvalue weighted by molar-refractivity contribution is 0.122. The number of fused-ring (bicyclic) bond motifs is 1. The van der Waals surface area contributed by atoms with Gasteiger partial charge in [0.1, 0.15) is 11.3 Å². The summed E-state index contributed by atoms with van der Waals surface area (Å²) in [7, 11) is 1.91. The van der Waals surface area contributed by atoms with E-state index in [-0.39, 0.29) is 0 Å². The Bertz CT molecular complexity index is 820. The second kappa shape index (κ2) is 6.54. The number of nitrogens with one attached hydrogen (secondary N) is 2. The van der Waals surface area contributed by atoms with E-state index in [1.807, 2.05) is 19.3 Å². The number of aromatic amines is 1. The molecule has 4 heterocycles. The Kier molecular flexibility index (Phi) is 4.09. The van der Waals surface area contributed by atoms with Gasteiger partial charge >= 0.3 is 0 Å². The number of nitrogens with zero attached hydrogens (tertiary/aromatic N) is 6. The molecule has 0 unspecified atom stereocenters. The summed E-state index contributed by atoms with van der Waals surface area (Å²) in [6, 6.07) is 1.99. The van der Waals surface area contributed by atoms with E-state index < -0.39 is 0 Å². The van der Waals surface area contributed by atoms with Gasteiger partial charge < -0.3 is 19.9 Å². The van der Waals surface area contributed by atoms with Crippen LogP contribution in [-0.2, 0) is 24.9 Å². The fourth-order valence-electron chi connectivity index (χ4n) is 2.80. The monoisotopic (exact) mass is 328 g/mol. The lowest BCUT2D eigenvalue weighted by Crippen LogP contribution is -2.37. The third kappa shape index (κ3) is 3.08. The van der Waals surface area contributed by atoms with Crippen LogP contribution in [0.3, 0.4) is 0 Å². The van der Waals surface area contributed by atoms with Crippen molar-refractivity contribution >= 4 is 17.0 Å². The molecule has 0 bridgehead atoms. The Hall–Kier alpha value is -2.52. The van der Waals surface area contributed by atoms with Crippen molar-refractivity contribution < 1.29 is 4.74 Å². The molecule has 0 aromatic carbocycles. The van der Waals surface area contributed by atoms with E-state index in [1.165, 1.54) is 0 Å². The molecule has 1 saturated heterocycles. The smallest absolute Gasteiger partial charge is 0.183 e.